The number of esters is 1. The highest BCUT2D eigenvalue weighted by atomic mass is 16.6. The maximum absolute atomic E-state index is 12.0. The van der Waals surface area contributed by atoms with Gasteiger partial charge in [0.15, 0.2) is 5.70 Å². The molecule has 0 spiro atoms. The predicted molar refractivity (Wildman–Crippen MR) is 96.5 cm³/mol. The van der Waals surface area contributed by atoms with E-state index in [9.17, 15) is 4.79 Å². The first kappa shape index (κ1) is 16.5. The van der Waals surface area contributed by atoms with Gasteiger partial charge < -0.3 is 14.2 Å². The van der Waals surface area contributed by atoms with E-state index in [1.165, 1.54) is 0 Å². The Hall–Kier alpha value is -3.34. The molecule has 2 aromatic carbocycles. The van der Waals surface area contributed by atoms with Gasteiger partial charge in [0.1, 0.15) is 11.5 Å². The van der Waals surface area contributed by atoms with Gasteiger partial charge in [0.05, 0.1) is 14.2 Å². The molecule has 0 amide bonds. The molecule has 0 fully saturated rings. The van der Waals surface area contributed by atoms with Gasteiger partial charge in [-0.05, 0) is 35.9 Å². The molecule has 0 radical (unpaired) electrons. The van der Waals surface area contributed by atoms with Gasteiger partial charge in [-0.3, -0.25) is 0 Å². The summed E-state index contributed by atoms with van der Waals surface area (Å²) in [5, 5.41) is 0. The smallest absolute Gasteiger partial charge is 0.363 e. The fourth-order valence-corrected chi connectivity index (χ4v) is 2.32. The molecule has 25 heavy (non-hydrogen) atoms. The minimum atomic E-state index is -0.476. The lowest BCUT2D eigenvalue weighted by molar-refractivity contribution is -0.129. The number of cyclic esters (lactones) is 1. The van der Waals surface area contributed by atoms with Crippen LogP contribution in [0, 0.1) is 0 Å². The molecule has 0 saturated carbocycles. The van der Waals surface area contributed by atoms with E-state index in [0.717, 1.165) is 22.6 Å². The third-order valence-corrected chi connectivity index (χ3v) is 3.60. The van der Waals surface area contributed by atoms with Crippen molar-refractivity contribution in [1.29, 1.82) is 0 Å². The molecule has 0 N–H and O–H groups in total. The van der Waals surface area contributed by atoms with Gasteiger partial charge in [-0.15, -0.1) is 0 Å². The van der Waals surface area contributed by atoms with Gasteiger partial charge in [0.25, 0.3) is 0 Å². The number of hydrogen-bond acceptors (Lipinski definition) is 5. The fraction of sp³-hybridized carbons (Fsp3) is 0.100. The summed E-state index contributed by atoms with van der Waals surface area (Å²) in [6.07, 6.45) is 5.11. The van der Waals surface area contributed by atoms with Crippen LogP contribution in [0.3, 0.4) is 0 Å². The predicted octanol–water partition coefficient (Wildman–Crippen LogP) is 3.71. The number of benzene rings is 2. The monoisotopic (exact) mass is 335 g/mol. The second kappa shape index (κ2) is 7.49. The molecule has 3 rings (SSSR count). The molecule has 126 valence electrons. The topological polar surface area (TPSA) is 57.1 Å². The molecular weight excluding hydrogens is 318 g/mol. The van der Waals surface area contributed by atoms with Crippen LogP contribution in [0.15, 0.2) is 65.3 Å². The number of rotatable bonds is 5. The van der Waals surface area contributed by atoms with Crippen molar-refractivity contribution in [2.24, 2.45) is 4.99 Å². The number of carbonyl (C=O) groups is 1. The van der Waals surface area contributed by atoms with Gasteiger partial charge in [-0.25, -0.2) is 9.79 Å². The second-order valence-electron chi connectivity index (χ2n) is 5.22. The maximum atomic E-state index is 12.0. The van der Waals surface area contributed by atoms with Gasteiger partial charge in [0, 0.05) is 11.6 Å². The van der Waals surface area contributed by atoms with E-state index in [2.05, 4.69) is 4.99 Å². The summed E-state index contributed by atoms with van der Waals surface area (Å²) in [6.45, 7) is 0. The van der Waals surface area contributed by atoms with Crippen LogP contribution in [0.1, 0.15) is 11.1 Å². The molecule has 0 saturated heterocycles. The lowest BCUT2D eigenvalue weighted by Gasteiger charge is -2.02. The van der Waals surface area contributed by atoms with Crippen LogP contribution in [-0.4, -0.2) is 26.1 Å². The third kappa shape index (κ3) is 3.95. The van der Waals surface area contributed by atoms with Crippen molar-refractivity contribution in [2.45, 2.75) is 0 Å². The minimum Gasteiger partial charge on any atom is -0.497 e. The molecule has 1 aliphatic rings. The highest BCUT2D eigenvalue weighted by Gasteiger charge is 2.21. The Kier molecular flexibility index (Phi) is 4.95. The Morgan fingerprint density at radius 2 is 1.72 bits per heavy atom. The van der Waals surface area contributed by atoms with Crippen LogP contribution in [0.2, 0.25) is 0 Å². The van der Waals surface area contributed by atoms with E-state index in [1.807, 2.05) is 48.5 Å². The summed E-state index contributed by atoms with van der Waals surface area (Å²) in [6, 6.07) is 14.9. The number of methoxy groups -OCH3 is 2. The molecule has 0 aromatic heterocycles. The van der Waals surface area contributed by atoms with Crippen molar-refractivity contribution in [2.75, 3.05) is 14.2 Å². The highest BCUT2D eigenvalue weighted by molar-refractivity contribution is 6.11. The van der Waals surface area contributed by atoms with Crippen LogP contribution in [0.25, 0.3) is 12.2 Å². The molecule has 1 heterocycles. The lowest BCUT2D eigenvalue weighted by Crippen LogP contribution is -2.01. The average Bonchev–Trinajstić information content (AvgIpc) is 3.00. The Morgan fingerprint density at radius 3 is 2.44 bits per heavy atom. The molecule has 0 unspecified atom stereocenters. The van der Waals surface area contributed by atoms with Crippen molar-refractivity contribution < 1.29 is 19.0 Å². The molecule has 0 bridgehead atoms. The summed E-state index contributed by atoms with van der Waals surface area (Å²) in [5.41, 5.74) is 1.97. The zero-order chi connectivity index (χ0) is 17.6. The van der Waals surface area contributed by atoms with Gasteiger partial charge >= 0.3 is 5.97 Å². The van der Waals surface area contributed by atoms with Crippen molar-refractivity contribution >= 4 is 24.0 Å². The molecule has 1 aliphatic heterocycles. The van der Waals surface area contributed by atoms with Crippen LogP contribution >= 0.6 is 0 Å². The quantitative estimate of drug-likeness (QED) is 0.617. The molecule has 5 heteroatoms. The highest BCUT2D eigenvalue weighted by Crippen LogP contribution is 2.21. The first-order valence-corrected chi connectivity index (χ1v) is 7.67. The number of aliphatic imine (C=N–C) groups is 1. The summed E-state index contributed by atoms with van der Waals surface area (Å²) < 4.78 is 15.6. The standard InChI is InChI=1S/C20H17NO4/c1-23-16-10-7-14(8-11-16)13-17-20(22)25-19(21-17)12-9-15-5-3-4-6-18(15)24-2/h3-13H,1-2H3/b12-9+,17-13+. The van der Waals surface area contributed by atoms with Crippen LogP contribution < -0.4 is 9.47 Å². The SMILES string of the molecule is COc1ccc(/C=C2N=C(/C=C/c3ccccc3OC)OC/2=O)cc1. The van der Waals surface area contributed by atoms with Crippen molar-refractivity contribution in [1.82, 2.24) is 0 Å². The number of carbonyl (C=O) groups excluding carboxylic acids is 1. The van der Waals surface area contributed by atoms with E-state index < -0.39 is 5.97 Å². The summed E-state index contributed by atoms with van der Waals surface area (Å²) >= 11 is 0. The summed E-state index contributed by atoms with van der Waals surface area (Å²) in [5.74, 6) is 1.25. The van der Waals surface area contributed by atoms with Crippen LogP contribution in [0.4, 0.5) is 0 Å². The number of nitrogens with zero attached hydrogens (tertiary/aromatic N) is 1. The normalized spacial score (nSPS) is 15.4. The van der Waals surface area contributed by atoms with E-state index in [1.54, 1.807) is 32.4 Å². The maximum Gasteiger partial charge on any atom is 0.363 e. The minimum absolute atomic E-state index is 0.246. The van der Waals surface area contributed by atoms with Gasteiger partial charge in [0.2, 0.25) is 5.90 Å². The largest absolute Gasteiger partial charge is 0.497 e. The lowest BCUT2D eigenvalue weighted by atomic mass is 10.2. The van der Waals surface area contributed by atoms with Crippen molar-refractivity contribution in [3.05, 3.63) is 71.4 Å². The van der Waals surface area contributed by atoms with Crippen LogP contribution in [-0.2, 0) is 9.53 Å². The first-order valence-electron chi connectivity index (χ1n) is 7.67. The average molecular weight is 335 g/mol. The Bertz CT molecular complexity index is 864. The fourth-order valence-electron chi connectivity index (χ4n) is 2.32. The summed E-state index contributed by atoms with van der Waals surface area (Å²) in [4.78, 5) is 16.2. The third-order valence-electron chi connectivity index (χ3n) is 3.60. The van der Waals surface area contributed by atoms with E-state index in [0.29, 0.717) is 0 Å². The number of para-hydroxylation sites is 1. The number of hydrogen-bond donors (Lipinski definition) is 0. The molecule has 5 nitrogen and oxygen atoms in total. The van der Waals surface area contributed by atoms with E-state index >= 15 is 0 Å². The zero-order valence-electron chi connectivity index (χ0n) is 13.9. The van der Waals surface area contributed by atoms with Gasteiger partial charge in [-0.1, -0.05) is 30.3 Å². The Morgan fingerprint density at radius 1 is 0.960 bits per heavy atom. The molecule has 0 aliphatic carbocycles. The molecule has 0 atom stereocenters. The van der Waals surface area contributed by atoms with Crippen molar-refractivity contribution in [3.8, 4) is 11.5 Å². The first-order chi connectivity index (χ1) is 12.2. The molecule has 2 aromatic rings. The van der Waals surface area contributed by atoms with Gasteiger partial charge in [-0.2, -0.15) is 0 Å². The number of ether oxygens (including phenoxy) is 3. The molecular formula is C20H17NO4. The van der Waals surface area contributed by atoms with Crippen LogP contribution in [0.5, 0.6) is 11.5 Å². The van der Waals surface area contributed by atoms with E-state index in [4.69, 9.17) is 14.2 Å². The van der Waals surface area contributed by atoms with Crippen molar-refractivity contribution in [3.63, 3.8) is 0 Å². The zero-order valence-corrected chi connectivity index (χ0v) is 13.9. The Balaban J connectivity index is 1.79. The Labute approximate surface area is 145 Å². The van der Waals surface area contributed by atoms with E-state index in [-0.39, 0.29) is 11.6 Å². The summed E-state index contributed by atoms with van der Waals surface area (Å²) in [7, 11) is 3.21. The second-order valence-corrected chi connectivity index (χ2v) is 5.22.